The summed E-state index contributed by atoms with van der Waals surface area (Å²) >= 11 is 3.36. The maximum atomic E-state index is 12.2. The van der Waals surface area contributed by atoms with E-state index in [0.29, 0.717) is 5.69 Å². The van der Waals surface area contributed by atoms with E-state index in [1.54, 1.807) is 6.20 Å². The molecule has 0 aromatic carbocycles. The zero-order valence-electron chi connectivity index (χ0n) is 9.11. The molecule has 1 aliphatic rings. The second kappa shape index (κ2) is 4.93. The van der Waals surface area contributed by atoms with Crippen LogP contribution in [0.25, 0.3) is 0 Å². The maximum Gasteiger partial charge on any atom is 0.273 e. The summed E-state index contributed by atoms with van der Waals surface area (Å²) in [5.74, 6) is 0.00137. The average Bonchev–Trinajstić information content (AvgIpc) is 2.29. The first-order valence-electron chi connectivity index (χ1n) is 5.32. The molecule has 1 aliphatic heterocycles. The molecular weight excluding hydrogens is 270 g/mol. The Morgan fingerprint density at radius 2 is 2.50 bits per heavy atom. The second-order valence-corrected chi connectivity index (χ2v) is 4.74. The van der Waals surface area contributed by atoms with Crippen LogP contribution in [0.3, 0.4) is 0 Å². The Bertz CT molecular complexity index is 397. The third kappa shape index (κ3) is 2.25. The standard InChI is InChI=1S/C11H14BrN3O/c1-8-7-13-5-6-15(8)11(16)10-9(12)3-2-4-14-10/h2-4,8,13H,5-7H2,1H3. The molecule has 1 aromatic rings. The van der Waals surface area contributed by atoms with Crippen molar-refractivity contribution in [3.05, 3.63) is 28.5 Å². The molecule has 4 nitrogen and oxygen atoms in total. The van der Waals surface area contributed by atoms with Crippen molar-refractivity contribution in [1.29, 1.82) is 0 Å². The van der Waals surface area contributed by atoms with E-state index in [1.165, 1.54) is 0 Å². The molecule has 0 radical (unpaired) electrons. The van der Waals surface area contributed by atoms with Crippen LogP contribution in [-0.2, 0) is 0 Å². The van der Waals surface area contributed by atoms with Crippen LogP contribution in [-0.4, -0.2) is 41.5 Å². The Balaban J connectivity index is 2.21. The van der Waals surface area contributed by atoms with Gasteiger partial charge in [-0.2, -0.15) is 0 Å². The molecule has 2 heterocycles. The third-order valence-electron chi connectivity index (χ3n) is 2.72. The summed E-state index contributed by atoms with van der Waals surface area (Å²) in [6, 6.07) is 3.87. The minimum atomic E-state index is 0.00137. The molecule has 1 saturated heterocycles. The first-order valence-corrected chi connectivity index (χ1v) is 6.11. The number of piperazine rings is 1. The van der Waals surface area contributed by atoms with Crippen LogP contribution in [0, 0.1) is 0 Å². The van der Waals surface area contributed by atoms with Gasteiger partial charge in [-0.15, -0.1) is 0 Å². The van der Waals surface area contributed by atoms with Crippen molar-refractivity contribution in [1.82, 2.24) is 15.2 Å². The molecule has 1 N–H and O–H groups in total. The van der Waals surface area contributed by atoms with Gasteiger partial charge >= 0.3 is 0 Å². The zero-order chi connectivity index (χ0) is 11.5. The highest BCUT2D eigenvalue weighted by atomic mass is 79.9. The molecule has 1 fully saturated rings. The smallest absolute Gasteiger partial charge is 0.273 e. The molecular formula is C11H14BrN3O. The van der Waals surface area contributed by atoms with Crippen LogP contribution >= 0.6 is 15.9 Å². The number of amides is 1. The third-order valence-corrected chi connectivity index (χ3v) is 3.36. The van der Waals surface area contributed by atoms with Crippen LogP contribution in [0.4, 0.5) is 0 Å². The molecule has 1 aromatic heterocycles. The summed E-state index contributed by atoms with van der Waals surface area (Å²) in [5.41, 5.74) is 0.497. The number of carbonyl (C=O) groups excluding carboxylic acids is 1. The van der Waals surface area contributed by atoms with Crippen LogP contribution in [0.5, 0.6) is 0 Å². The minimum Gasteiger partial charge on any atom is -0.332 e. The lowest BCUT2D eigenvalue weighted by atomic mass is 10.2. The fraction of sp³-hybridized carbons (Fsp3) is 0.455. The Morgan fingerprint density at radius 3 is 3.19 bits per heavy atom. The molecule has 0 saturated carbocycles. The summed E-state index contributed by atoms with van der Waals surface area (Å²) in [6.45, 7) is 4.47. The van der Waals surface area contributed by atoms with Gasteiger partial charge < -0.3 is 10.2 Å². The number of aromatic nitrogens is 1. The molecule has 16 heavy (non-hydrogen) atoms. The van der Waals surface area contributed by atoms with Gasteiger partial charge in [-0.1, -0.05) is 0 Å². The predicted molar refractivity (Wildman–Crippen MR) is 65.3 cm³/mol. The quantitative estimate of drug-likeness (QED) is 0.845. The SMILES string of the molecule is CC1CNCCN1C(=O)c1ncccc1Br. The van der Waals surface area contributed by atoms with Crippen LogP contribution < -0.4 is 5.32 Å². The van der Waals surface area contributed by atoms with Gasteiger partial charge in [-0.25, -0.2) is 4.98 Å². The maximum absolute atomic E-state index is 12.2. The molecule has 1 amide bonds. The van der Waals surface area contributed by atoms with E-state index in [-0.39, 0.29) is 11.9 Å². The Morgan fingerprint density at radius 1 is 1.69 bits per heavy atom. The highest BCUT2D eigenvalue weighted by molar-refractivity contribution is 9.10. The fourth-order valence-electron chi connectivity index (χ4n) is 1.82. The summed E-state index contributed by atoms with van der Waals surface area (Å²) in [6.07, 6.45) is 1.64. The number of halogens is 1. The lowest BCUT2D eigenvalue weighted by Gasteiger charge is -2.33. The molecule has 1 unspecified atom stereocenters. The Kier molecular flexibility index (Phi) is 3.56. The van der Waals surface area contributed by atoms with Gasteiger partial charge in [-0.3, -0.25) is 4.79 Å². The molecule has 86 valence electrons. The summed E-state index contributed by atoms with van der Waals surface area (Å²) in [7, 11) is 0. The zero-order valence-corrected chi connectivity index (χ0v) is 10.7. The number of nitrogens with one attached hydrogen (secondary N) is 1. The van der Waals surface area contributed by atoms with Crippen molar-refractivity contribution >= 4 is 21.8 Å². The molecule has 2 rings (SSSR count). The monoisotopic (exact) mass is 283 g/mol. The lowest BCUT2D eigenvalue weighted by Crippen LogP contribution is -2.52. The topological polar surface area (TPSA) is 45.2 Å². The first-order chi connectivity index (χ1) is 7.70. The summed E-state index contributed by atoms with van der Waals surface area (Å²) in [4.78, 5) is 18.2. The largest absolute Gasteiger partial charge is 0.332 e. The van der Waals surface area contributed by atoms with E-state index in [1.807, 2.05) is 24.0 Å². The molecule has 1 atom stereocenters. The van der Waals surface area contributed by atoms with Crippen LogP contribution in [0.1, 0.15) is 17.4 Å². The van der Waals surface area contributed by atoms with E-state index in [4.69, 9.17) is 0 Å². The highest BCUT2D eigenvalue weighted by Crippen LogP contribution is 2.17. The number of pyridine rings is 1. The van der Waals surface area contributed by atoms with Crippen molar-refractivity contribution in [3.8, 4) is 0 Å². The average molecular weight is 284 g/mol. The van der Waals surface area contributed by atoms with Crippen LogP contribution in [0.2, 0.25) is 0 Å². The number of hydrogen-bond donors (Lipinski definition) is 1. The van der Waals surface area contributed by atoms with E-state index < -0.39 is 0 Å². The molecule has 0 bridgehead atoms. The molecule has 0 spiro atoms. The van der Waals surface area contributed by atoms with Gasteiger partial charge in [0.1, 0.15) is 5.69 Å². The van der Waals surface area contributed by atoms with Crippen molar-refractivity contribution in [3.63, 3.8) is 0 Å². The Labute approximate surface area is 103 Å². The van der Waals surface area contributed by atoms with E-state index in [9.17, 15) is 4.79 Å². The van der Waals surface area contributed by atoms with Gasteiger partial charge in [0.2, 0.25) is 0 Å². The normalized spacial score (nSPS) is 20.9. The fourth-order valence-corrected chi connectivity index (χ4v) is 2.25. The summed E-state index contributed by atoms with van der Waals surface area (Å²) < 4.78 is 0.755. The van der Waals surface area contributed by atoms with E-state index in [2.05, 4.69) is 26.2 Å². The van der Waals surface area contributed by atoms with Crippen LogP contribution in [0.15, 0.2) is 22.8 Å². The Hall–Kier alpha value is -0.940. The van der Waals surface area contributed by atoms with Crippen molar-refractivity contribution in [2.24, 2.45) is 0 Å². The van der Waals surface area contributed by atoms with Crippen molar-refractivity contribution in [2.45, 2.75) is 13.0 Å². The van der Waals surface area contributed by atoms with Gasteiger partial charge in [0.25, 0.3) is 5.91 Å². The van der Waals surface area contributed by atoms with Crippen molar-refractivity contribution in [2.75, 3.05) is 19.6 Å². The molecule has 5 heteroatoms. The first kappa shape index (κ1) is 11.5. The highest BCUT2D eigenvalue weighted by Gasteiger charge is 2.25. The van der Waals surface area contributed by atoms with Crippen molar-refractivity contribution < 1.29 is 4.79 Å². The second-order valence-electron chi connectivity index (χ2n) is 3.89. The van der Waals surface area contributed by atoms with Gasteiger partial charge in [0.05, 0.1) is 0 Å². The number of nitrogens with zero attached hydrogens (tertiary/aromatic N) is 2. The summed E-state index contributed by atoms with van der Waals surface area (Å²) in [5, 5.41) is 3.26. The predicted octanol–water partition coefficient (Wildman–Crippen LogP) is 1.28. The van der Waals surface area contributed by atoms with Gasteiger partial charge in [-0.05, 0) is 35.0 Å². The van der Waals surface area contributed by atoms with Gasteiger partial charge in [0, 0.05) is 36.3 Å². The number of carbonyl (C=O) groups is 1. The van der Waals surface area contributed by atoms with Gasteiger partial charge in [0.15, 0.2) is 0 Å². The number of hydrogen-bond acceptors (Lipinski definition) is 3. The lowest BCUT2D eigenvalue weighted by molar-refractivity contribution is 0.0648. The van der Waals surface area contributed by atoms with E-state index >= 15 is 0 Å². The van der Waals surface area contributed by atoms with E-state index in [0.717, 1.165) is 24.1 Å². The number of rotatable bonds is 1. The minimum absolute atomic E-state index is 0.00137. The molecule has 0 aliphatic carbocycles.